The van der Waals surface area contributed by atoms with Gasteiger partial charge in [-0.15, -0.1) is 5.10 Å². The lowest BCUT2D eigenvalue weighted by atomic mass is 10.1. The normalized spacial score (nSPS) is 14.0. The van der Waals surface area contributed by atoms with Gasteiger partial charge in [-0.05, 0) is 36.7 Å². The summed E-state index contributed by atoms with van der Waals surface area (Å²) in [5.74, 6) is -6.00. The second kappa shape index (κ2) is 6.45. The van der Waals surface area contributed by atoms with Crippen molar-refractivity contribution in [2.75, 3.05) is 11.5 Å². The van der Waals surface area contributed by atoms with Crippen LogP contribution in [0.3, 0.4) is 0 Å². The third-order valence-electron chi connectivity index (χ3n) is 3.24. The third kappa shape index (κ3) is 4.40. The summed E-state index contributed by atoms with van der Waals surface area (Å²) >= 11 is -2.05. The molecule has 0 saturated heterocycles. The summed E-state index contributed by atoms with van der Waals surface area (Å²) in [5, 5.41) is 3.33. The lowest BCUT2D eigenvalue weighted by Gasteiger charge is -2.18. The first-order valence-electron chi connectivity index (χ1n) is 6.97. The largest absolute Gasteiger partial charge is 0.611 e. The summed E-state index contributed by atoms with van der Waals surface area (Å²) in [6.07, 6.45) is -4.78. The van der Waals surface area contributed by atoms with Gasteiger partial charge in [0.1, 0.15) is 0 Å². The number of rotatable bonds is 4. The summed E-state index contributed by atoms with van der Waals surface area (Å²) in [7, 11) is 0. The van der Waals surface area contributed by atoms with Gasteiger partial charge in [-0.3, -0.25) is 0 Å². The van der Waals surface area contributed by atoms with Crippen molar-refractivity contribution < 1.29 is 26.5 Å². The zero-order valence-electron chi connectivity index (χ0n) is 13.5. The predicted molar refractivity (Wildman–Crippen MR) is 82.1 cm³/mol. The van der Waals surface area contributed by atoms with E-state index in [-0.39, 0.29) is 10.6 Å². The van der Waals surface area contributed by atoms with Crippen molar-refractivity contribution in [2.45, 2.75) is 37.8 Å². The molecule has 0 aliphatic carbocycles. The highest BCUT2D eigenvalue weighted by Crippen LogP contribution is 2.31. The molecule has 1 heterocycles. The molecule has 1 aromatic heterocycles. The first-order chi connectivity index (χ1) is 11.3. The van der Waals surface area contributed by atoms with Crippen molar-refractivity contribution in [3.63, 3.8) is 0 Å². The van der Waals surface area contributed by atoms with Gasteiger partial charge in [0, 0.05) is 18.6 Å². The smallest absolute Gasteiger partial charge is 0.453 e. The fourth-order valence-electron chi connectivity index (χ4n) is 2.22. The van der Waals surface area contributed by atoms with Crippen LogP contribution in [0, 0.1) is 13.8 Å². The maximum Gasteiger partial charge on any atom is 0.453 e. The molecule has 2 aromatic rings. The Kier molecular flexibility index (Phi) is 5.01. The van der Waals surface area contributed by atoms with Gasteiger partial charge in [0.15, 0.2) is 10.6 Å². The number of nitrogen functional groups attached to an aromatic ring is 1. The molecule has 5 nitrogen and oxygen atoms in total. The van der Waals surface area contributed by atoms with Crippen molar-refractivity contribution in [1.29, 1.82) is 0 Å². The minimum absolute atomic E-state index is 0.0746. The SMILES string of the molecule is Cc1cc(C)c([S+]([O-])CC(C)(F)F)cc1-n1nc(C(F)(F)F)nc1N. The predicted octanol–water partition coefficient (Wildman–Crippen LogP) is 3.25. The van der Waals surface area contributed by atoms with E-state index in [9.17, 15) is 26.5 Å². The van der Waals surface area contributed by atoms with E-state index in [1.165, 1.54) is 12.1 Å². The lowest BCUT2D eigenvalue weighted by molar-refractivity contribution is -0.144. The average molecular weight is 382 g/mol. The monoisotopic (exact) mass is 382 g/mol. The van der Waals surface area contributed by atoms with Crippen LogP contribution in [0.2, 0.25) is 0 Å². The van der Waals surface area contributed by atoms with Crippen LogP contribution in [0.5, 0.6) is 0 Å². The summed E-state index contributed by atoms with van der Waals surface area (Å²) in [6.45, 7) is 3.79. The number of benzene rings is 1. The van der Waals surface area contributed by atoms with E-state index < -0.39 is 40.8 Å². The van der Waals surface area contributed by atoms with Crippen LogP contribution < -0.4 is 5.73 Å². The maximum atomic E-state index is 13.1. The van der Waals surface area contributed by atoms with Gasteiger partial charge in [-0.1, -0.05) is 0 Å². The number of halogens is 5. The molecule has 1 aromatic carbocycles. The van der Waals surface area contributed by atoms with E-state index in [0.717, 1.165) is 4.68 Å². The first kappa shape index (κ1) is 19.4. The molecule has 2 rings (SSSR count). The minimum atomic E-state index is -4.78. The van der Waals surface area contributed by atoms with Gasteiger partial charge in [-0.25, -0.2) is 8.78 Å². The lowest BCUT2D eigenvalue weighted by Crippen LogP contribution is -2.25. The van der Waals surface area contributed by atoms with Crippen LogP contribution in [0.1, 0.15) is 23.9 Å². The Morgan fingerprint density at radius 3 is 2.24 bits per heavy atom. The second-order valence-corrected chi connectivity index (χ2v) is 7.09. The molecule has 0 aliphatic heterocycles. The molecule has 0 saturated carbocycles. The van der Waals surface area contributed by atoms with Gasteiger partial charge < -0.3 is 10.3 Å². The quantitative estimate of drug-likeness (QED) is 0.650. The van der Waals surface area contributed by atoms with Crippen LogP contribution in [-0.2, 0) is 17.4 Å². The number of nitrogens with zero attached hydrogens (tertiary/aromatic N) is 3. The molecule has 0 spiro atoms. The van der Waals surface area contributed by atoms with E-state index in [0.29, 0.717) is 18.1 Å². The van der Waals surface area contributed by atoms with Crippen molar-refractivity contribution >= 4 is 17.1 Å². The molecule has 11 heteroatoms. The van der Waals surface area contributed by atoms with E-state index >= 15 is 0 Å². The van der Waals surface area contributed by atoms with Crippen LogP contribution >= 0.6 is 0 Å². The van der Waals surface area contributed by atoms with Crippen molar-refractivity contribution in [3.8, 4) is 5.69 Å². The second-order valence-electron chi connectivity index (χ2n) is 5.67. The van der Waals surface area contributed by atoms with Gasteiger partial charge in [0.2, 0.25) is 5.95 Å². The molecule has 138 valence electrons. The molecule has 2 N–H and O–H groups in total. The Hall–Kier alpha value is -1.88. The van der Waals surface area contributed by atoms with Crippen molar-refractivity contribution in [1.82, 2.24) is 14.8 Å². The molecule has 25 heavy (non-hydrogen) atoms. The zero-order chi connectivity index (χ0) is 19.2. The molecule has 1 unspecified atom stereocenters. The van der Waals surface area contributed by atoms with Crippen molar-refractivity contribution in [2.24, 2.45) is 0 Å². The fourth-order valence-corrected chi connectivity index (χ4v) is 3.50. The summed E-state index contributed by atoms with van der Waals surface area (Å²) in [6, 6.07) is 2.77. The maximum absolute atomic E-state index is 13.1. The molecule has 0 radical (unpaired) electrons. The zero-order valence-corrected chi connectivity index (χ0v) is 14.3. The Morgan fingerprint density at radius 2 is 1.76 bits per heavy atom. The molecular formula is C14H15F5N4OS. The summed E-state index contributed by atoms with van der Waals surface area (Å²) in [5.41, 5.74) is 6.54. The van der Waals surface area contributed by atoms with E-state index in [2.05, 4.69) is 10.1 Å². The van der Waals surface area contributed by atoms with Gasteiger partial charge >= 0.3 is 6.18 Å². The van der Waals surface area contributed by atoms with Crippen molar-refractivity contribution in [3.05, 3.63) is 29.1 Å². The standard InChI is InChI=1S/C14H15F5N4OS/c1-7-4-8(2)10(25(24)6-13(3,15)16)5-9(7)23-12(20)21-11(22-23)14(17,18)19/h4-5H,6H2,1-3H3,(H2,20,21,22). The summed E-state index contributed by atoms with van der Waals surface area (Å²) < 4.78 is 77.4. The molecule has 0 fully saturated rings. The highest BCUT2D eigenvalue weighted by Gasteiger charge is 2.37. The van der Waals surface area contributed by atoms with Gasteiger partial charge in [0.05, 0.1) is 5.69 Å². The fraction of sp³-hybridized carbons (Fsp3) is 0.429. The molecular weight excluding hydrogens is 367 g/mol. The molecule has 0 bridgehead atoms. The number of aryl methyl sites for hydroxylation is 2. The van der Waals surface area contributed by atoms with E-state index in [1.807, 2.05) is 0 Å². The number of anilines is 1. The number of nitrogens with two attached hydrogens (primary N) is 1. The highest BCUT2D eigenvalue weighted by atomic mass is 32.2. The van der Waals surface area contributed by atoms with Crippen LogP contribution in [0.15, 0.2) is 17.0 Å². The summed E-state index contributed by atoms with van der Waals surface area (Å²) in [4.78, 5) is 3.24. The van der Waals surface area contributed by atoms with Gasteiger partial charge in [0.25, 0.3) is 11.7 Å². The Labute approximate surface area is 143 Å². The molecule has 1 atom stereocenters. The number of hydrogen-bond acceptors (Lipinski definition) is 4. The Bertz CT molecular complexity index is 785. The van der Waals surface area contributed by atoms with Crippen LogP contribution in [-0.4, -0.2) is 31.0 Å². The van der Waals surface area contributed by atoms with E-state index in [4.69, 9.17) is 5.73 Å². The highest BCUT2D eigenvalue weighted by molar-refractivity contribution is 7.91. The Morgan fingerprint density at radius 1 is 1.16 bits per heavy atom. The van der Waals surface area contributed by atoms with Crippen LogP contribution in [0.25, 0.3) is 5.69 Å². The number of alkyl halides is 5. The minimum Gasteiger partial charge on any atom is -0.611 e. The number of hydrogen-bond donors (Lipinski definition) is 1. The Balaban J connectivity index is 2.53. The first-order valence-corrected chi connectivity index (χ1v) is 8.29. The number of aromatic nitrogens is 3. The third-order valence-corrected chi connectivity index (χ3v) is 4.94. The van der Waals surface area contributed by atoms with Gasteiger partial charge in [-0.2, -0.15) is 22.8 Å². The average Bonchev–Trinajstić information content (AvgIpc) is 2.78. The van der Waals surface area contributed by atoms with Crippen LogP contribution in [0.4, 0.5) is 27.9 Å². The topological polar surface area (TPSA) is 79.8 Å². The molecule has 0 aliphatic rings. The van der Waals surface area contributed by atoms with E-state index in [1.54, 1.807) is 13.8 Å². The molecule has 0 amide bonds.